The molecule has 7 nitrogen and oxygen atoms in total. The maximum Gasteiger partial charge on any atom is 0.240 e. The molecule has 2 aromatic rings. The number of ether oxygens (including phenoxy) is 1. The van der Waals surface area contributed by atoms with Crippen molar-refractivity contribution in [2.45, 2.75) is 64.1 Å². The van der Waals surface area contributed by atoms with E-state index in [1.54, 1.807) is 7.11 Å². The molecule has 2 aliphatic rings. The number of methoxy groups -OCH3 is 1. The second-order valence-corrected chi connectivity index (χ2v) is 7.18. The van der Waals surface area contributed by atoms with E-state index in [9.17, 15) is 0 Å². The van der Waals surface area contributed by atoms with E-state index in [-0.39, 0.29) is 6.10 Å². The van der Waals surface area contributed by atoms with E-state index >= 15 is 0 Å². The van der Waals surface area contributed by atoms with Crippen molar-refractivity contribution in [2.75, 3.05) is 13.7 Å². The first-order chi connectivity index (χ1) is 12.2. The van der Waals surface area contributed by atoms with E-state index in [4.69, 9.17) is 14.2 Å². The molecule has 4 rings (SSSR count). The minimum absolute atomic E-state index is 0.145. The highest BCUT2D eigenvalue weighted by Crippen LogP contribution is 2.34. The van der Waals surface area contributed by atoms with Crippen LogP contribution in [-0.2, 0) is 31.2 Å². The maximum atomic E-state index is 5.44. The number of nitrogens with zero attached hydrogens (tertiary/aromatic N) is 5. The first kappa shape index (κ1) is 16.7. The lowest BCUT2D eigenvalue weighted by molar-refractivity contribution is 0.109. The van der Waals surface area contributed by atoms with E-state index in [1.807, 2.05) is 6.92 Å². The predicted octanol–water partition coefficient (Wildman–Crippen LogP) is 2.73. The Kier molecular flexibility index (Phi) is 4.60. The lowest BCUT2D eigenvalue weighted by Gasteiger charge is -2.22. The molecule has 0 N–H and O–H groups in total. The van der Waals surface area contributed by atoms with Gasteiger partial charge in [-0.3, -0.25) is 4.90 Å². The average Bonchev–Trinajstić information content (AvgIpc) is 3.35. The Bertz CT molecular complexity index is 738. The monoisotopic (exact) mass is 345 g/mol. The third kappa shape index (κ3) is 3.11. The fourth-order valence-electron chi connectivity index (χ4n) is 4.09. The number of hydrogen-bond donors (Lipinski definition) is 0. The van der Waals surface area contributed by atoms with E-state index in [0.717, 1.165) is 25.8 Å². The molecule has 0 bridgehead atoms. The van der Waals surface area contributed by atoms with Crippen LogP contribution in [0, 0.1) is 0 Å². The summed E-state index contributed by atoms with van der Waals surface area (Å²) in [5, 5.41) is 4.04. The lowest BCUT2D eigenvalue weighted by atomic mass is 10.0. The van der Waals surface area contributed by atoms with Crippen molar-refractivity contribution < 1.29 is 9.26 Å². The smallest absolute Gasteiger partial charge is 0.240 e. The predicted molar refractivity (Wildman–Crippen MR) is 92.0 cm³/mol. The van der Waals surface area contributed by atoms with Crippen LogP contribution in [0.2, 0.25) is 0 Å². The molecule has 1 aliphatic carbocycles. The molecule has 7 heteroatoms. The van der Waals surface area contributed by atoms with Crippen molar-refractivity contribution in [2.24, 2.45) is 7.05 Å². The van der Waals surface area contributed by atoms with E-state index < -0.39 is 0 Å². The van der Waals surface area contributed by atoms with Crippen LogP contribution < -0.4 is 0 Å². The summed E-state index contributed by atoms with van der Waals surface area (Å²) in [6, 6.07) is 0.339. The zero-order valence-electron chi connectivity index (χ0n) is 15.4. The van der Waals surface area contributed by atoms with Gasteiger partial charge in [-0.05, 0) is 52.0 Å². The van der Waals surface area contributed by atoms with Gasteiger partial charge in [0, 0.05) is 19.9 Å². The van der Waals surface area contributed by atoms with Crippen LogP contribution in [0.3, 0.4) is 0 Å². The quantitative estimate of drug-likeness (QED) is 0.830. The molecule has 1 saturated heterocycles. The number of aryl methyl sites for hydroxylation is 1. The van der Waals surface area contributed by atoms with Gasteiger partial charge in [0.05, 0.1) is 18.3 Å². The normalized spacial score (nSPS) is 22.3. The molecular formula is C18H27N5O2. The molecule has 1 fully saturated rings. The standard InChI is InChI=1S/C18H27N5O2/c1-12(24-3)17-20-16(25-21-17)11-23-10-6-9-15(23)18-19-13-7-4-5-8-14(13)22(18)2/h12,15H,4-11H2,1-3H3/t12-,15+/m1/s1. The van der Waals surface area contributed by atoms with Crippen LogP contribution in [0.4, 0.5) is 0 Å². The fourth-order valence-corrected chi connectivity index (χ4v) is 4.09. The molecule has 25 heavy (non-hydrogen) atoms. The lowest BCUT2D eigenvalue weighted by Crippen LogP contribution is -2.25. The summed E-state index contributed by atoms with van der Waals surface area (Å²) in [6.07, 6.45) is 7.00. The number of imidazole rings is 1. The fraction of sp³-hybridized carbons (Fsp3) is 0.722. The van der Waals surface area contributed by atoms with Gasteiger partial charge in [-0.1, -0.05) is 5.16 Å². The minimum Gasteiger partial charge on any atom is -0.374 e. The van der Waals surface area contributed by atoms with Crippen molar-refractivity contribution >= 4 is 0 Å². The van der Waals surface area contributed by atoms with Crippen LogP contribution in [0.1, 0.15) is 73.7 Å². The molecule has 0 saturated carbocycles. The zero-order valence-corrected chi connectivity index (χ0v) is 15.4. The third-order valence-corrected chi connectivity index (χ3v) is 5.61. The van der Waals surface area contributed by atoms with E-state index in [2.05, 4.69) is 26.7 Å². The van der Waals surface area contributed by atoms with Gasteiger partial charge in [0.25, 0.3) is 0 Å². The minimum atomic E-state index is -0.145. The van der Waals surface area contributed by atoms with Gasteiger partial charge in [0.1, 0.15) is 11.9 Å². The summed E-state index contributed by atoms with van der Waals surface area (Å²) in [7, 11) is 3.83. The summed E-state index contributed by atoms with van der Waals surface area (Å²) < 4.78 is 13.0. The van der Waals surface area contributed by atoms with E-state index in [0.29, 0.717) is 24.3 Å². The Hall–Kier alpha value is -1.73. The van der Waals surface area contributed by atoms with Crippen molar-refractivity contribution in [1.82, 2.24) is 24.6 Å². The van der Waals surface area contributed by atoms with Gasteiger partial charge in [0.2, 0.25) is 5.89 Å². The molecule has 0 unspecified atom stereocenters. The number of rotatable bonds is 5. The van der Waals surface area contributed by atoms with Gasteiger partial charge in [0.15, 0.2) is 5.82 Å². The largest absolute Gasteiger partial charge is 0.374 e. The van der Waals surface area contributed by atoms with Crippen molar-refractivity contribution in [1.29, 1.82) is 0 Å². The van der Waals surface area contributed by atoms with Crippen molar-refractivity contribution in [3.63, 3.8) is 0 Å². The summed E-state index contributed by atoms with van der Waals surface area (Å²) in [5.74, 6) is 2.47. The molecule has 3 heterocycles. The molecule has 0 aromatic carbocycles. The summed E-state index contributed by atoms with van der Waals surface area (Å²) in [5.41, 5.74) is 2.74. The summed E-state index contributed by atoms with van der Waals surface area (Å²) in [4.78, 5) is 11.9. The van der Waals surface area contributed by atoms with Crippen molar-refractivity contribution in [3.05, 3.63) is 28.9 Å². The number of likely N-dealkylation sites (tertiary alicyclic amines) is 1. The van der Waals surface area contributed by atoms with Gasteiger partial charge in [-0.15, -0.1) is 0 Å². The van der Waals surface area contributed by atoms with E-state index in [1.165, 1.54) is 36.5 Å². The maximum absolute atomic E-state index is 5.44. The molecular weight excluding hydrogens is 318 g/mol. The third-order valence-electron chi connectivity index (χ3n) is 5.61. The Balaban J connectivity index is 1.53. The highest BCUT2D eigenvalue weighted by Gasteiger charge is 2.32. The van der Waals surface area contributed by atoms with Crippen LogP contribution in [0.25, 0.3) is 0 Å². The van der Waals surface area contributed by atoms with Gasteiger partial charge >= 0.3 is 0 Å². The Labute approximate surface area is 148 Å². The van der Waals surface area contributed by atoms with Crippen LogP contribution in [-0.4, -0.2) is 38.2 Å². The zero-order chi connectivity index (χ0) is 17.4. The molecule has 0 spiro atoms. The first-order valence-electron chi connectivity index (χ1n) is 9.31. The topological polar surface area (TPSA) is 69.2 Å². The number of aromatic nitrogens is 4. The second kappa shape index (κ2) is 6.88. The highest BCUT2D eigenvalue weighted by atomic mass is 16.5. The number of fused-ring (bicyclic) bond motifs is 1. The Morgan fingerprint density at radius 2 is 2.08 bits per heavy atom. The molecule has 2 atom stereocenters. The van der Waals surface area contributed by atoms with Gasteiger partial charge < -0.3 is 13.8 Å². The van der Waals surface area contributed by atoms with Crippen molar-refractivity contribution in [3.8, 4) is 0 Å². The first-order valence-corrected chi connectivity index (χ1v) is 9.31. The Morgan fingerprint density at radius 3 is 2.88 bits per heavy atom. The molecule has 2 aromatic heterocycles. The second-order valence-electron chi connectivity index (χ2n) is 7.18. The summed E-state index contributed by atoms with van der Waals surface area (Å²) in [6.45, 7) is 3.64. The molecule has 136 valence electrons. The van der Waals surface area contributed by atoms with Crippen LogP contribution in [0.5, 0.6) is 0 Å². The number of hydrogen-bond acceptors (Lipinski definition) is 6. The van der Waals surface area contributed by atoms with Crippen LogP contribution in [0.15, 0.2) is 4.52 Å². The van der Waals surface area contributed by atoms with Gasteiger partial charge in [-0.2, -0.15) is 4.98 Å². The average molecular weight is 345 g/mol. The van der Waals surface area contributed by atoms with Crippen LogP contribution >= 0.6 is 0 Å². The SMILES string of the molecule is CO[C@H](C)c1noc(CN2CCC[C@H]2c2nc3c(n2C)CCCC3)n1. The summed E-state index contributed by atoms with van der Waals surface area (Å²) >= 11 is 0. The molecule has 0 radical (unpaired) electrons. The van der Waals surface area contributed by atoms with Gasteiger partial charge in [-0.25, -0.2) is 4.98 Å². The Morgan fingerprint density at radius 1 is 1.24 bits per heavy atom. The molecule has 1 aliphatic heterocycles. The molecule has 0 amide bonds. The highest BCUT2D eigenvalue weighted by molar-refractivity contribution is 5.22.